The molecular weight excluding hydrogens is 337 g/mol. The topological polar surface area (TPSA) is 58.6 Å². The predicted molar refractivity (Wildman–Crippen MR) is 84.1 cm³/mol. The molecule has 6 nitrogen and oxygen atoms in total. The zero-order valence-electron chi connectivity index (χ0n) is 14.4. The number of aromatic nitrogens is 2. The van der Waals surface area contributed by atoms with Crippen LogP contribution in [0.4, 0.5) is 23.9 Å². The summed E-state index contributed by atoms with van der Waals surface area (Å²) in [7, 11) is 0. The molecule has 0 aromatic carbocycles. The highest BCUT2D eigenvalue weighted by Gasteiger charge is 2.45. The molecule has 3 rings (SSSR count). The van der Waals surface area contributed by atoms with Crippen LogP contribution in [0, 0.1) is 0 Å². The number of amides is 1. The number of halogens is 3. The van der Waals surface area contributed by atoms with E-state index in [2.05, 4.69) is 9.97 Å². The Labute approximate surface area is 144 Å². The molecule has 0 N–H and O–H groups in total. The van der Waals surface area contributed by atoms with Gasteiger partial charge in [0.25, 0.3) is 0 Å². The Kier molecular flexibility index (Phi) is 4.28. The molecule has 2 unspecified atom stereocenters. The van der Waals surface area contributed by atoms with Crippen molar-refractivity contribution in [2.45, 2.75) is 57.5 Å². The Morgan fingerprint density at radius 1 is 1.12 bits per heavy atom. The molecular formula is C16H21F3N4O2. The molecule has 1 amide bonds. The quantitative estimate of drug-likeness (QED) is 0.772. The first-order valence-corrected chi connectivity index (χ1v) is 8.20. The number of anilines is 1. The maximum Gasteiger partial charge on any atom is 0.419 e. The lowest BCUT2D eigenvalue weighted by atomic mass is 10.2. The maximum atomic E-state index is 12.6. The van der Waals surface area contributed by atoms with Crippen molar-refractivity contribution in [1.82, 2.24) is 14.9 Å². The SMILES string of the molecule is CC(C)(C)OC(=O)N1C2CCC1CN(c1ncc(C(F)(F)F)cn1)C2. The molecule has 2 fully saturated rings. The van der Waals surface area contributed by atoms with E-state index < -0.39 is 17.3 Å². The number of rotatable bonds is 1. The minimum absolute atomic E-state index is 0.0421. The molecule has 2 aliphatic heterocycles. The van der Waals surface area contributed by atoms with Crippen LogP contribution in [-0.2, 0) is 10.9 Å². The van der Waals surface area contributed by atoms with Crippen LogP contribution in [0.15, 0.2) is 12.4 Å². The van der Waals surface area contributed by atoms with E-state index in [0.717, 1.165) is 25.2 Å². The second-order valence-corrected chi connectivity index (χ2v) is 7.45. The number of fused-ring (bicyclic) bond motifs is 2. The number of hydrogen-bond donors (Lipinski definition) is 0. The number of piperazine rings is 1. The smallest absolute Gasteiger partial charge is 0.419 e. The van der Waals surface area contributed by atoms with Crippen LogP contribution in [0.25, 0.3) is 0 Å². The van der Waals surface area contributed by atoms with Crippen LogP contribution in [0.1, 0.15) is 39.2 Å². The van der Waals surface area contributed by atoms with Gasteiger partial charge in [0.1, 0.15) is 5.60 Å². The lowest BCUT2D eigenvalue weighted by molar-refractivity contribution is -0.138. The zero-order valence-corrected chi connectivity index (χ0v) is 14.4. The summed E-state index contributed by atoms with van der Waals surface area (Å²) in [6.45, 7) is 6.43. The largest absolute Gasteiger partial charge is 0.444 e. The van der Waals surface area contributed by atoms with E-state index in [1.165, 1.54) is 0 Å². The summed E-state index contributed by atoms with van der Waals surface area (Å²) in [5.41, 5.74) is -1.43. The van der Waals surface area contributed by atoms with E-state index in [1.807, 2.05) is 25.7 Å². The van der Waals surface area contributed by atoms with Crippen LogP contribution in [0.5, 0.6) is 0 Å². The van der Waals surface area contributed by atoms with Gasteiger partial charge < -0.3 is 9.64 Å². The number of nitrogens with zero attached hydrogens (tertiary/aromatic N) is 4. The van der Waals surface area contributed by atoms with E-state index in [1.54, 1.807) is 4.90 Å². The molecule has 138 valence electrons. The third-order valence-electron chi connectivity index (χ3n) is 4.33. The summed E-state index contributed by atoms with van der Waals surface area (Å²) in [4.78, 5) is 23.7. The Bertz CT molecular complexity index is 628. The lowest BCUT2D eigenvalue weighted by Gasteiger charge is -2.41. The van der Waals surface area contributed by atoms with E-state index >= 15 is 0 Å². The van der Waals surface area contributed by atoms with Crippen molar-refractivity contribution >= 4 is 12.0 Å². The maximum absolute atomic E-state index is 12.6. The first kappa shape index (κ1) is 17.8. The molecule has 0 spiro atoms. The molecule has 0 saturated carbocycles. The molecule has 2 atom stereocenters. The second kappa shape index (κ2) is 6.03. The number of carbonyl (C=O) groups is 1. The van der Waals surface area contributed by atoms with E-state index in [-0.39, 0.29) is 24.1 Å². The van der Waals surface area contributed by atoms with Crippen LogP contribution in [-0.4, -0.2) is 51.7 Å². The van der Waals surface area contributed by atoms with Crippen LogP contribution in [0.2, 0.25) is 0 Å². The van der Waals surface area contributed by atoms with Gasteiger partial charge in [-0.25, -0.2) is 14.8 Å². The summed E-state index contributed by atoms with van der Waals surface area (Å²) in [6.07, 6.45) is -1.53. The third kappa shape index (κ3) is 3.80. The Morgan fingerprint density at radius 3 is 2.08 bits per heavy atom. The van der Waals surface area contributed by atoms with Gasteiger partial charge in [-0.15, -0.1) is 0 Å². The highest BCUT2D eigenvalue weighted by Crippen LogP contribution is 2.33. The van der Waals surface area contributed by atoms with E-state index in [9.17, 15) is 18.0 Å². The monoisotopic (exact) mass is 358 g/mol. The van der Waals surface area contributed by atoms with Gasteiger partial charge in [0, 0.05) is 25.5 Å². The highest BCUT2D eigenvalue weighted by atomic mass is 19.4. The average Bonchev–Trinajstić information content (AvgIpc) is 2.75. The van der Waals surface area contributed by atoms with Gasteiger partial charge in [-0.1, -0.05) is 0 Å². The molecule has 2 bridgehead atoms. The number of carbonyl (C=O) groups excluding carboxylic acids is 1. The molecule has 2 aliphatic rings. The fourth-order valence-corrected chi connectivity index (χ4v) is 3.31. The first-order chi connectivity index (χ1) is 11.5. The van der Waals surface area contributed by atoms with Gasteiger partial charge in [-0.05, 0) is 33.6 Å². The average molecular weight is 358 g/mol. The summed E-state index contributed by atoms with van der Waals surface area (Å²) in [5.74, 6) is 0.258. The molecule has 25 heavy (non-hydrogen) atoms. The minimum atomic E-state index is -4.45. The molecule has 0 radical (unpaired) electrons. The molecule has 2 saturated heterocycles. The molecule has 1 aromatic rings. The van der Waals surface area contributed by atoms with Crippen molar-refractivity contribution in [2.75, 3.05) is 18.0 Å². The van der Waals surface area contributed by atoms with Crippen molar-refractivity contribution in [2.24, 2.45) is 0 Å². The van der Waals surface area contributed by atoms with E-state index in [4.69, 9.17) is 4.74 Å². The normalized spacial score (nSPS) is 23.8. The Hall–Kier alpha value is -2.06. The molecule has 9 heteroatoms. The van der Waals surface area contributed by atoms with Crippen molar-refractivity contribution < 1.29 is 22.7 Å². The van der Waals surface area contributed by atoms with Crippen molar-refractivity contribution in [3.63, 3.8) is 0 Å². The Balaban J connectivity index is 1.70. The fourth-order valence-electron chi connectivity index (χ4n) is 3.31. The third-order valence-corrected chi connectivity index (χ3v) is 4.33. The Morgan fingerprint density at radius 2 is 1.64 bits per heavy atom. The van der Waals surface area contributed by atoms with Gasteiger partial charge in [0.15, 0.2) is 0 Å². The molecule has 1 aromatic heterocycles. The van der Waals surface area contributed by atoms with Gasteiger partial charge in [-0.2, -0.15) is 13.2 Å². The standard InChI is InChI=1S/C16H21F3N4O2/c1-15(2,3)25-14(24)23-11-4-5-12(23)9-22(8-11)13-20-6-10(7-21-13)16(17,18)19/h6-7,11-12H,4-5,8-9H2,1-3H3. The fraction of sp³-hybridized carbons (Fsp3) is 0.688. The van der Waals surface area contributed by atoms with Crippen molar-refractivity contribution in [3.05, 3.63) is 18.0 Å². The van der Waals surface area contributed by atoms with Gasteiger partial charge >= 0.3 is 12.3 Å². The molecule has 3 heterocycles. The number of hydrogen-bond acceptors (Lipinski definition) is 5. The second-order valence-electron chi connectivity index (χ2n) is 7.45. The summed E-state index contributed by atoms with van der Waals surface area (Å²) in [5, 5.41) is 0. The highest BCUT2D eigenvalue weighted by molar-refractivity contribution is 5.70. The number of alkyl halides is 3. The first-order valence-electron chi connectivity index (χ1n) is 8.20. The van der Waals surface area contributed by atoms with Crippen molar-refractivity contribution in [1.29, 1.82) is 0 Å². The zero-order chi connectivity index (χ0) is 18.4. The summed E-state index contributed by atoms with van der Waals surface area (Å²) in [6, 6.07) is -0.0843. The van der Waals surface area contributed by atoms with Crippen molar-refractivity contribution in [3.8, 4) is 0 Å². The van der Waals surface area contributed by atoms with E-state index in [0.29, 0.717) is 13.1 Å². The van der Waals surface area contributed by atoms with Gasteiger partial charge in [0.2, 0.25) is 5.95 Å². The van der Waals surface area contributed by atoms with Gasteiger partial charge in [-0.3, -0.25) is 4.90 Å². The predicted octanol–water partition coefficient (Wildman–Crippen LogP) is 3.08. The van der Waals surface area contributed by atoms with Crippen LogP contribution < -0.4 is 4.90 Å². The van der Waals surface area contributed by atoms with Gasteiger partial charge in [0.05, 0.1) is 17.6 Å². The number of ether oxygens (including phenoxy) is 1. The minimum Gasteiger partial charge on any atom is -0.444 e. The lowest BCUT2D eigenvalue weighted by Crippen LogP contribution is -2.57. The molecule has 0 aliphatic carbocycles. The summed E-state index contributed by atoms with van der Waals surface area (Å²) < 4.78 is 43.3. The van der Waals surface area contributed by atoms with Crippen LogP contribution >= 0.6 is 0 Å². The summed E-state index contributed by atoms with van der Waals surface area (Å²) >= 11 is 0. The van der Waals surface area contributed by atoms with Crippen LogP contribution in [0.3, 0.4) is 0 Å².